The average molecular weight is 528 g/mol. The van der Waals surface area contributed by atoms with Crippen LogP contribution in [0.4, 0.5) is 5.69 Å². The molecule has 7 nitrogen and oxygen atoms in total. The maximum atomic E-state index is 13.8. The van der Waals surface area contributed by atoms with E-state index >= 15 is 0 Å². The van der Waals surface area contributed by atoms with Gasteiger partial charge < -0.3 is 10.2 Å². The molecule has 0 saturated heterocycles. The number of nitrogens with one attached hydrogen (secondary N) is 1. The largest absolute Gasteiger partial charge is 0.357 e. The predicted molar refractivity (Wildman–Crippen MR) is 142 cm³/mol. The van der Waals surface area contributed by atoms with Crippen molar-refractivity contribution < 1.29 is 18.0 Å². The summed E-state index contributed by atoms with van der Waals surface area (Å²) in [6.45, 7) is 3.27. The van der Waals surface area contributed by atoms with E-state index < -0.39 is 28.5 Å². The zero-order chi connectivity index (χ0) is 26.3. The van der Waals surface area contributed by atoms with Crippen molar-refractivity contribution in [2.45, 2.75) is 37.8 Å². The normalized spacial score (nSPS) is 12.0. The van der Waals surface area contributed by atoms with E-state index in [4.69, 9.17) is 11.6 Å². The Morgan fingerprint density at radius 3 is 2.14 bits per heavy atom. The molecule has 0 aromatic heterocycles. The minimum Gasteiger partial charge on any atom is -0.357 e. The first-order valence-electron chi connectivity index (χ1n) is 11.6. The first kappa shape index (κ1) is 27.2. The second-order valence-electron chi connectivity index (χ2n) is 8.30. The summed E-state index contributed by atoms with van der Waals surface area (Å²) in [5.41, 5.74) is 1.86. The Kier molecular flexibility index (Phi) is 9.12. The first-order chi connectivity index (χ1) is 17.2. The molecule has 0 aliphatic carbocycles. The highest BCUT2D eigenvalue weighted by Gasteiger charge is 2.33. The quantitative estimate of drug-likeness (QED) is 0.423. The Hall–Kier alpha value is -3.36. The minimum absolute atomic E-state index is 0.0439. The van der Waals surface area contributed by atoms with Gasteiger partial charge in [-0.2, -0.15) is 0 Å². The van der Waals surface area contributed by atoms with Crippen LogP contribution < -0.4 is 9.62 Å². The highest BCUT2D eigenvalue weighted by Crippen LogP contribution is 2.28. The number of sulfonamides is 1. The molecule has 1 atom stereocenters. The lowest BCUT2D eigenvalue weighted by molar-refractivity contribution is -0.140. The van der Waals surface area contributed by atoms with Gasteiger partial charge in [-0.05, 0) is 48.7 Å². The molecule has 2 amide bonds. The summed E-state index contributed by atoms with van der Waals surface area (Å²) in [6.07, 6.45) is 0.361. The summed E-state index contributed by atoms with van der Waals surface area (Å²) in [6, 6.07) is 21.3. The van der Waals surface area contributed by atoms with Gasteiger partial charge in [-0.3, -0.25) is 13.9 Å². The van der Waals surface area contributed by atoms with Gasteiger partial charge in [-0.1, -0.05) is 73.1 Å². The van der Waals surface area contributed by atoms with Crippen molar-refractivity contribution >= 4 is 39.1 Å². The fourth-order valence-corrected chi connectivity index (χ4v) is 5.45. The molecule has 0 heterocycles. The van der Waals surface area contributed by atoms with Crippen LogP contribution in [-0.2, 0) is 26.2 Å². The lowest BCUT2D eigenvalue weighted by Crippen LogP contribution is -2.51. The molecule has 1 N–H and O–H groups in total. The van der Waals surface area contributed by atoms with Gasteiger partial charge in [0.1, 0.15) is 12.6 Å². The summed E-state index contributed by atoms with van der Waals surface area (Å²) < 4.78 is 28.5. The smallest absolute Gasteiger partial charge is 0.264 e. The average Bonchev–Trinajstić information content (AvgIpc) is 2.89. The summed E-state index contributed by atoms with van der Waals surface area (Å²) in [4.78, 5) is 27.9. The number of halogens is 1. The van der Waals surface area contributed by atoms with Gasteiger partial charge in [0.05, 0.1) is 10.6 Å². The van der Waals surface area contributed by atoms with Gasteiger partial charge in [-0.25, -0.2) is 8.42 Å². The molecular formula is C27H30ClN3O4S. The number of carbonyl (C=O) groups is 2. The van der Waals surface area contributed by atoms with Crippen molar-refractivity contribution in [3.05, 3.63) is 95.0 Å². The molecule has 190 valence electrons. The molecule has 0 saturated carbocycles. The SMILES string of the molecule is CC[C@@H](C(=O)NC)N(Cc1ccccc1)C(=O)CN(c1ccc(C)c(Cl)c1)S(=O)(=O)c1ccccc1. The fourth-order valence-electron chi connectivity index (χ4n) is 3.85. The molecule has 0 radical (unpaired) electrons. The van der Waals surface area contributed by atoms with E-state index in [-0.39, 0.29) is 23.0 Å². The lowest BCUT2D eigenvalue weighted by atomic mass is 10.1. The van der Waals surface area contributed by atoms with Crippen LogP contribution in [-0.4, -0.2) is 44.8 Å². The van der Waals surface area contributed by atoms with Crippen molar-refractivity contribution in [3.63, 3.8) is 0 Å². The van der Waals surface area contributed by atoms with Crippen LogP contribution in [0.25, 0.3) is 0 Å². The highest BCUT2D eigenvalue weighted by atomic mass is 35.5. The van der Waals surface area contributed by atoms with Crippen LogP contribution in [0.1, 0.15) is 24.5 Å². The van der Waals surface area contributed by atoms with Crippen LogP contribution in [0.2, 0.25) is 5.02 Å². The second kappa shape index (κ2) is 12.1. The Balaban J connectivity index is 2.06. The summed E-state index contributed by atoms with van der Waals surface area (Å²) in [5, 5.41) is 2.99. The molecule has 36 heavy (non-hydrogen) atoms. The van der Waals surface area contributed by atoms with E-state index in [9.17, 15) is 18.0 Å². The van der Waals surface area contributed by atoms with Crippen LogP contribution in [0, 0.1) is 6.92 Å². The molecular weight excluding hydrogens is 498 g/mol. The van der Waals surface area contributed by atoms with Crippen LogP contribution in [0.3, 0.4) is 0 Å². The first-order valence-corrected chi connectivity index (χ1v) is 13.4. The number of hydrogen-bond acceptors (Lipinski definition) is 4. The molecule has 3 aromatic rings. The van der Waals surface area contributed by atoms with E-state index in [0.29, 0.717) is 11.4 Å². The third-order valence-electron chi connectivity index (χ3n) is 5.88. The van der Waals surface area contributed by atoms with Crippen molar-refractivity contribution in [2.75, 3.05) is 17.9 Å². The van der Waals surface area contributed by atoms with Gasteiger partial charge in [0, 0.05) is 18.6 Å². The molecule has 0 aliphatic rings. The molecule has 3 aromatic carbocycles. The highest BCUT2D eigenvalue weighted by molar-refractivity contribution is 7.92. The third-order valence-corrected chi connectivity index (χ3v) is 8.08. The van der Waals surface area contributed by atoms with Crippen molar-refractivity contribution in [1.82, 2.24) is 10.2 Å². The molecule has 0 bridgehead atoms. The number of likely N-dealkylation sites (N-methyl/N-ethyl adjacent to an activating group) is 1. The second-order valence-corrected chi connectivity index (χ2v) is 10.6. The minimum atomic E-state index is -4.12. The zero-order valence-electron chi connectivity index (χ0n) is 20.5. The van der Waals surface area contributed by atoms with E-state index in [0.717, 1.165) is 15.4 Å². The lowest BCUT2D eigenvalue weighted by Gasteiger charge is -2.33. The number of nitrogens with zero attached hydrogens (tertiary/aromatic N) is 2. The predicted octanol–water partition coefficient (Wildman–Crippen LogP) is 4.40. The van der Waals surface area contributed by atoms with E-state index in [1.165, 1.54) is 30.1 Å². The van der Waals surface area contributed by atoms with Crippen molar-refractivity contribution in [2.24, 2.45) is 0 Å². The van der Waals surface area contributed by atoms with Crippen LogP contribution in [0.5, 0.6) is 0 Å². The summed E-state index contributed by atoms with van der Waals surface area (Å²) >= 11 is 6.32. The van der Waals surface area contributed by atoms with E-state index in [1.54, 1.807) is 30.3 Å². The Labute approximate surface area is 217 Å². The summed E-state index contributed by atoms with van der Waals surface area (Å²) in [7, 11) is -2.61. The maximum absolute atomic E-state index is 13.8. The number of anilines is 1. The Morgan fingerprint density at radius 2 is 1.58 bits per heavy atom. The zero-order valence-corrected chi connectivity index (χ0v) is 22.1. The Morgan fingerprint density at radius 1 is 0.972 bits per heavy atom. The van der Waals surface area contributed by atoms with Crippen LogP contribution in [0.15, 0.2) is 83.8 Å². The maximum Gasteiger partial charge on any atom is 0.264 e. The van der Waals surface area contributed by atoms with Crippen molar-refractivity contribution in [3.8, 4) is 0 Å². The number of aryl methyl sites for hydroxylation is 1. The number of rotatable bonds is 10. The number of amides is 2. The standard InChI is InChI=1S/C27H30ClN3O4S/c1-4-25(27(33)29-3)30(18-21-11-7-5-8-12-21)26(32)19-31(22-16-15-20(2)24(28)17-22)36(34,35)23-13-9-6-10-14-23/h5-17,25H,4,18-19H2,1-3H3,(H,29,33)/t25-/m0/s1. The molecule has 0 unspecified atom stereocenters. The number of carbonyl (C=O) groups excluding carboxylic acids is 2. The molecule has 0 fully saturated rings. The summed E-state index contributed by atoms with van der Waals surface area (Å²) in [5.74, 6) is -0.830. The molecule has 3 rings (SSSR count). The molecule has 0 spiro atoms. The third kappa shape index (κ3) is 6.25. The van der Waals surface area contributed by atoms with E-state index in [1.807, 2.05) is 44.2 Å². The van der Waals surface area contributed by atoms with Gasteiger partial charge in [-0.15, -0.1) is 0 Å². The molecule has 0 aliphatic heterocycles. The topological polar surface area (TPSA) is 86.8 Å². The molecule has 9 heteroatoms. The van der Waals surface area contributed by atoms with Gasteiger partial charge in [0.25, 0.3) is 10.0 Å². The van der Waals surface area contributed by atoms with Gasteiger partial charge >= 0.3 is 0 Å². The fraction of sp³-hybridized carbons (Fsp3) is 0.259. The monoisotopic (exact) mass is 527 g/mol. The van der Waals surface area contributed by atoms with Crippen molar-refractivity contribution in [1.29, 1.82) is 0 Å². The number of benzene rings is 3. The van der Waals surface area contributed by atoms with E-state index in [2.05, 4.69) is 5.32 Å². The van der Waals surface area contributed by atoms with Gasteiger partial charge in [0.15, 0.2) is 0 Å². The van der Waals surface area contributed by atoms with Gasteiger partial charge in [0.2, 0.25) is 11.8 Å². The van der Waals surface area contributed by atoms with Crippen LogP contribution >= 0.6 is 11.6 Å². The Bertz CT molecular complexity index is 1300. The number of hydrogen-bond donors (Lipinski definition) is 1.